The van der Waals surface area contributed by atoms with Crippen molar-refractivity contribution in [3.8, 4) is 5.75 Å². The van der Waals surface area contributed by atoms with Crippen molar-refractivity contribution in [3.63, 3.8) is 0 Å². The van der Waals surface area contributed by atoms with E-state index in [0.717, 1.165) is 24.3 Å². The van der Waals surface area contributed by atoms with Gasteiger partial charge in [0.2, 0.25) is 5.91 Å². The topological polar surface area (TPSA) is 64.6 Å². The number of ether oxygens (including phenoxy) is 2. The number of benzene rings is 1. The number of carbonyl (C=O) groups excluding carboxylic acids is 2. The lowest BCUT2D eigenvalue weighted by atomic mass is 10.1. The van der Waals surface area contributed by atoms with E-state index in [-0.39, 0.29) is 12.5 Å². The molecular weight excluding hydrogens is 282 g/mol. The molecule has 120 valence electrons. The molecule has 1 N–H and O–H groups in total. The average Bonchev–Trinajstić information content (AvgIpc) is 2.47. The van der Waals surface area contributed by atoms with E-state index in [1.54, 1.807) is 31.2 Å². The van der Waals surface area contributed by atoms with E-state index in [1.165, 1.54) is 0 Å². The van der Waals surface area contributed by atoms with Crippen molar-refractivity contribution in [2.75, 3.05) is 18.5 Å². The molecule has 0 aliphatic carbocycles. The molecule has 0 heterocycles. The van der Waals surface area contributed by atoms with Crippen LogP contribution in [0.2, 0.25) is 0 Å². The van der Waals surface area contributed by atoms with E-state index in [9.17, 15) is 9.59 Å². The van der Waals surface area contributed by atoms with E-state index >= 15 is 0 Å². The Bertz CT molecular complexity index is 506. The van der Waals surface area contributed by atoms with Gasteiger partial charge in [-0.1, -0.05) is 13.8 Å². The van der Waals surface area contributed by atoms with E-state index < -0.39 is 5.97 Å². The zero-order valence-electron chi connectivity index (χ0n) is 13.3. The van der Waals surface area contributed by atoms with E-state index in [0.29, 0.717) is 18.2 Å². The number of carbonyl (C=O) groups is 2. The molecule has 1 amide bonds. The van der Waals surface area contributed by atoms with Gasteiger partial charge in [0.1, 0.15) is 5.75 Å². The maximum absolute atomic E-state index is 11.6. The number of amides is 1. The molecule has 5 heteroatoms. The lowest BCUT2D eigenvalue weighted by Gasteiger charge is -2.09. The van der Waals surface area contributed by atoms with E-state index in [4.69, 9.17) is 9.47 Å². The van der Waals surface area contributed by atoms with E-state index in [2.05, 4.69) is 19.2 Å². The predicted octanol–water partition coefficient (Wildman–Crippen LogP) is 3.17. The van der Waals surface area contributed by atoms with Crippen LogP contribution in [0.25, 0.3) is 0 Å². The fraction of sp³-hybridized carbons (Fsp3) is 0.412. The minimum absolute atomic E-state index is 0.281. The van der Waals surface area contributed by atoms with Crippen LogP contribution in [0, 0.1) is 5.92 Å². The van der Waals surface area contributed by atoms with Crippen LogP contribution in [0.4, 0.5) is 5.69 Å². The smallest absolute Gasteiger partial charge is 0.330 e. The Hall–Kier alpha value is -2.30. The van der Waals surface area contributed by atoms with Gasteiger partial charge in [0.15, 0.2) is 0 Å². The second-order valence-electron chi connectivity index (χ2n) is 5.13. The van der Waals surface area contributed by atoms with Gasteiger partial charge in [-0.2, -0.15) is 0 Å². The number of hydrogen-bond acceptors (Lipinski definition) is 4. The van der Waals surface area contributed by atoms with Crippen LogP contribution in [0.15, 0.2) is 36.4 Å². The number of anilines is 1. The summed E-state index contributed by atoms with van der Waals surface area (Å²) in [5.41, 5.74) is 0.634. The molecule has 0 spiro atoms. The van der Waals surface area contributed by atoms with Crippen molar-refractivity contribution >= 4 is 17.6 Å². The molecule has 1 rings (SSSR count). The number of hydrogen-bond donors (Lipinski definition) is 1. The fourth-order valence-electron chi connectivity index (χ4n) is 1.56. The van der Waals surface area contributed by atoms with Crippen molar-refractivity contribution in [2.24, 2.45) is 5.92 Å². The van der Waals surface area contributed by atoms with Gasteiger partial charge in [0.05, 0.1) is 13.2 Å². The standard InChI is InChI=1S/C17H23NO4/c1-4-21-17(20)10-9-16(19)18-14-5-7-15(8-6-14)22-12-11-13(2)3/h5-10,13H,4,11-12H2,1-3H3,(H,18,19). The zero-order chi connectivity index (χ0) is 16.4. The predicted molar refractivity (Wildman–Crippen MR) is 85.8 cm³/mol. The Morgan fingerprint density at radius 3 is 2.45 bits per heavy atom. The van der Waals surface area contributed by atoms with Crippen LogP contribution in [0.5, 0.6) is 5.75 Å². The van der Waals surface area contributed by atoms with Gasteiger partial charge in [0, 0.05) is 17.8 Å². The first-order chi connectivity index (χ1) is 10.5. The second-order valence-corrected chi connectivity index (χ2v) is 5.13. The summed E-state index contributed by atoms with van der Waals surface area (Å²) >= 11 is 0. The first-order valence-electron chi connectivity index (χ1n) is 7.40. The maximum atomic E-state index is 11.6. The first kappa shape index (κ1) is 17.8. The van der Waals surface area contributed by atoms with E-state index in [1.807, 2.05) is 0 Å². The quantitative estimate of drug-likeness (QED) is 0.592. The Kier molecular flexibility index (Phi) is 7.75. The maximum Gasteiger partial charge on any atom is 0.330 e. The Labute approximate surface area is 131 Å². The summed E-state index contributed by atoms with van der Waals surface area (Å²) in [7, 11) is 0. The highest BCUT2D eigenvalue weighted by Gasteiger charge is 2.01. The summed E-state index contributed by atoms with van der Waals surface area (Å²) in [5.74, 6) is 0.443. The monoisotopic (exact) mass is 305 g/mol. The van der Waals surface area contributed by atoms with Crippen LogP contribution in [0.1, 0.15) is 27.2 Å². The largest absolute Gasteiger partial charge is 0.494 e. The number of esters is 1. The molecular formula is C17H23NO4. The van der Waals surface area contributed by atoms with Gasteiger partial charge < -0.3 is 14.8 Å². The lowest BCUT2D eigenvalue weighted by molar-refractivity contribution is -0.137. The third-order valence-electron chi connectivity index (χ3n) is 2.74. The summed E-state index contributed by atoms with van der Waals surface area (Å²) in [5, 5.41) is 2.65. The molecule has 1 aromatic carbocycles. The average molecular weight is 305 g/mol. The normalized spacial score (nSPS) is 10.7. The van der Waals surface area contributed by atoms with Gasteiger partial charge in [-0.05, 0) is 43.5 Å². The molecule has 0 unspecified atom stereocenters. The summed E-state index contributed by atoms with van der Waals surface area (Å²) in [6.45, 7) is 6.95. The molecule has 0 radical (unpaired) electrons. The highest BCUT2D eigenvalue weighted by Crippen LogP contribution is 2.16. The highest BCUT2D eigenvalue weighted by atomic mass is 16.5. The SMILES string of the molecule is CCOC(=O)C=CC(=O)Nc1ccc(OCCC(C)C)cc1. The van der Waals surface area contributed by atoms with Crippen LogP contribution in [0.3, 0.4) is 0 Å². The third kappa shape index (κ3) is 7.47. The third-order valence-corrected chi connectivity index (χ3v) is 2.74. The molecule has 0 saturated heterocycles. The molecule has 0 saturated carbocycles. The number of rotatable bonds is 8. The summed E-state index contributed by atoms with van der Waals surface area (Å²) in [6, 6.07) is 7.09. The molecule has 0 bridgehead atoms. The zero-order valence-corrected chi connectivity index (χ0v) is 13.3. The van der Waals surface area contributed by atoms with Gasteiger partial charge in [-0.15, -0.1) is 0 Å². The molecule has 0 aliphatic rings. The molecule has 5 nitrogen and oxygen atoms in total. The minimum Gasteiger partial charge on any atom is -0.494 e. The molecule has 0 atom stereocenters. The first-order valence-corrected chi connectivity index (χ1v) is 7.40. The molecule has 22 heavy (non-hydrogen) atoms. The van der Waals surface area contributed by atoms with Crippen LogP contribution >= 0.6 is 0 Å². The molecule has 0 aromatic heterocycles. The van der Waals surface area contributed by atoms with Gasteiger partial charge >= 0.3 is 5.97 Å². The van der Waals surface area contributed by atoms with Gasteiger partial charge in [-0.25, -0.2) is 4.79 Å². The van der Waals surface area contributed by atoms with Gasteiger partial charge in [0.25, 0.3) is 0 Å². The van der Waals surface area contributed by atoms with Crippen LogP contribution in [-0.4, -0.2) is 25.1 Å². The lowest BCUT2D eigenvalue weighted by Crippen LogP contribution is -2.09. The number of nitrogens with one attached hydrogen (secondary N) is 1. The summed E-state index contributed by atoms with van der Waals surface area (Å²) in [4.78, 5) is 22.7. The molecule has 0 aliphatic heterocycles. The summed E-state index contributed by atoms with van der Waals surface area (Å²) < 4.78 is 10.3. The molecule has 1 aromatic rings. The second kappa shape index (κ2) is 9.60. The van der Waals surface area contributed by atoms with Crippen molar-refractivity contribution in [1.82, 2.24) is 0 Å². The van der Waals surface area contributed by atoms with Crippen molar-refractivity contribution in [3.05, 3.63) is 36.4 Å². The fourth-order valence-corrected chi connectivity index (χ4v) is 1.56. The van der Waals surface area contributed by atoms with Crippen LogP contribution < -0.4 is 10.1 Å². The van der Waals surface area contributed by atoms with Crippen LogP contribution in [-0.2, 0) is 14.3 Å². The van der Waals surface area contributed by atoms with Crippen molar-refractivity contribution in [2.45, 2.75) is 27.2 Å². The van der Waals surface area contributed by atoms with Crippen molar-refractivity contribution < 1.29 is 19.1 Å². The van der Waals surface area contributed by atoms with Crippen molar-refractivity contribution in [1.29, 1.82) is 0 Å². The Morgan fingerprint density at radius 2 is 1.86 bits per heavy atom. The Morgan fingerprint density at radius 1 is 1.18 bits per heavy atom. The minimum atomic E-state index is -0.536. The summed E-state index contributed by atoms with van der Waals surface area (Å²) in [6.07, 6.45) is 3.24. The molecule has 0 fully saturated rings. The highest BCUT2D eigenvalue weighted by molar-refractivity contribution is 6.02. The Balaban J connectivity index is 2.43. The van der Waals surface area contributed by atoms with Gasteiger partial charge in [-0.3, -0.25) is 4.79 Å².